The first-order chi connectivity index (χ1) is 12.3. The SMILES string of the molecule is CN(c1ncnc2[nH]ccc12)C1C[C@@H]2CN(c3ccccc3)C[C@@H]2C1. The Balaban J connectivity index is 1.32. The monoisotopic (exact) mass is 333 g/mol. The zero-order valence-electron chi connectivity index (χ0n) is 14.5. The fraction of sp³-hybridized carbons (Fsp3) is 0.400. The van der Waals surface area contributed by atoms with Crippen LogP contribution in [-0.4, -0.2) is 41.1 Å². The molecule has 3 heterocycles. The molecule has 0 radical (unpaired) electrons. The minimum absolute atomic E-state index is 0.570. The van der Waals surface area contributed by atoms with Gasteiger partial charge in [0.1, 0.15) is 17.8 Å². The molecule has 0 bridgehead atoms. The third kappa shape index (κ3) is 2.46. The lowest BCUT2D eigenvalue weighted by atomic mass is 10.0. The number of aromatic amines is 1. The molecule has 25 heavy (non-hydrogen) atoms. The van der Waals surface area contributed by atoms with E-state index in [1.165, 1.54) is 31.6 Å². The lowest BCUT2D eigenvalue weighted by Gasteiger charge is -2.28. The number of fused-ring (bicyclic) bond motifs is 2. The lowest BCUT2D eigenvalue weighted by Crippen LogP contribution is -2.32. The summed E-state index contributed by atoms with van der Waals surface area (Å²) in [6.45, 7) is 2.37. The van der Waals surface area contributed by atoms with Gasteiger partial charge in [0.2, 0.25) is 0 Å². The molecule has 0 spiro atoms. The Morgan fingerprint density at radius 2 is 1.80 bits per heavy atom. The highest BCUT2D eigenvalue weighted by atomic mass is 15.2. The standard InChI is InChI=1S/C20H23N5/c1-24(20-18-7-8-21-19(18)22-13-23-20)17-9-14-11-25(12-15(14)10-17)16-5-3-2-4-6-16/h2-8,13-15,17H,9-12H2,1H3,(H,21,22,23)/t14-,15+,17?. The van der Waals surface area contributed by atoms with Crippen LogP contribution >= 0.6 is 0 Å². The van der Waals surface area contributed by atoms with E-state index in [2.05, 4.69) is 68.2 Å². The Kier molecular flexibility index (Phi) is 3.40. The Hall–Kier alpha value is -2.56. The summed E-state index contributed by atoms with van der Waals surface area (Å²) in [4.78, 5) is 17.0. The van der Waals surface area contributed by atoms with Gasteiger partial charge >= 0.3 is 0 Å². The van der Waals surface area contributed by atoms with Gasteiger partial charge in [-0.25, -0.2) is 9.97 Å². The third-order valence-corrected chi connectivity index (χ3v) is 6.06. The second kappa shape index (κ2) is 5.76. The fourth-order valence-electron chi connectivity index (χ4n) is 4.75. The summed E-state index contributed by atoms with van der Waals surface area (Å²) >= 11 is 0. The molecule has 1 unspecified atom stereocenters. The zero-order chi connectivity index (χ0) is 16.8. The second-order valence-electron chi connectivity index (χ2n) is 7.43. The summed E-state index contributed by atoms with van der Waals surface area (Å²) in [7, 11) is 2.19. The zero-order valence-corrected chi connectivity index (χ0v) is 14.5. The quantitative estimate of drug-likeness (QED) is 0.799. The molecule has 128 valence electrons. The summed E-state index contributed by atoms with van der Waals surface area (Å²) in [5.41, 5.74) is 2.29. The maximum Gasteiger partial charge on any atom is 0.142 e. The van der Waals surface area contributed by atoms with Crippen molar-refractivity contribution in [2.75, 3.05) is 29.9 Å². The largest absolute Gasteiger partial charge is 0.371 e. The van der Waals surface area contributed by atoms with Crippen molar-refractivity contribution in [1.82, 2.24) is 15.0 Å². The van der Waals surface area contributed by atoms with E-state index in [9.17, 15) is 0 Å². The van der Waals surface area contributed by atoms with Gasteiger partial charge in [0.05, 0.1) is 5.39 Å². The average Bonchev–Trinajstić information content (AvgIpc) is 3.35. The number of anilines is 2. The van der Waals surface area contributed by atoms with Crippen molar-refractivity contribution in [1.29, 1.82) is 0 Å². The average molecular weight is 333 g/mol. The summed E-state index contributed by atoms with van der Waals surface area (Å²) in [5.74, 6) is 2.63. The minimum Gasteiger partial charge on any atom is -0.371 e. The van der Waals surface area contributed by atoms with Crippen molar-refractivity contribution in [2.45, 2.75) is 18.9 Å². The summed E-state index contributed by atoms with van der Waals surface area (Å²) < 4.78 is 0. The first-order valence-electron chi connectivity index (χ1n) is 9.10. The first-order valence-corrected chi connectivity index (χ1v) is 9.10. The number of nitrogens with one attached hydrogen (secondary N) is 1. The van der Waals surface area contributed by atoms with E-state index in [0.29, 0.717) is 6.04 Å². The van der Waals surface area contributed by atoms with E-state index in [1.807, 2.05) is 6.20 Å². The van der Waals surface area contributed by atoms with Crippen molar-refractivity contribution in [3.63, 3.8) is 0 Å². The van der Waals surface area contributed by atoms with E-state index in [4.69, 9.17) is 0 Å². The fourth-order valence-corrected chi connectivity index (χ4v) is 4.75. The molecule has 5 rings (SSSR count). The molecule has 2 aromatic heterocycles. The summed E-state index contributed by atoms with van der Waals surface area (Å²) in [6.07, 6.45) is 6.11. The van der Waals surface area contributed by atoms with Crippen LogP contribution in [-0.2, 0) is 0 Å². The molecule has 0 amide bonds. The van der Waals surface area contributed by atoms with Gasteiger partial charge in [0.25, 0.3) is 0 Å². The molecule has 1 saturated heterocycles. The molecule has 3 atom stereocenters. The molecule has 1 aliphatic heterocycles. The van der Waals surface area contributed by atoms with E-state index in [1.54, 1.807) is 6.33 Å². The minimum atomic E-state index is 0.570. The molecular formula is C20H23N5. The molecule has 1 N–H and O–H groups in total. The van der Waals surface area contributed by atoms with Gasteiger partial charge in [-0.2, -0.15) is 0 Å². The van der Waals surface area contributed by atoms with Crippen molar-refractivity contribution in [3.05, 3.63) is 48.9 Å². The third-order valence-electron chi connectivity index (χ3n) is 6.06. The number of hydrogen-bond acceptors (Lipinski definition) is 4. The van der Waals surface area contributed by atoms with Crippen molar-refractivity contribution >= 4 is 22.5 Å². The van der Waals surface area contributed by atoms with Crippen LogP contribution in [0.5, 0.6) is 0 Å². The molecule has 2 fully saturated rings. The number of hydrogen-bond donors (Lipinski definition) is 1. The Morgan fingerprint density at radius 3 is 2.56 bits per heavy atom. The van der Waals surface area contributed by atoms with E-state index < -0.39 is 0 Å². The number of nitrogens with zero attached hydrogens (tertiary/aromatic N) is 4. The number of rotatable bonds is 3. The highest BCUT2D eigenvalue weighted by Gasteiger charge is 2.42. The van der Waals surface area contributed by atoms with E-state index in [-0.39, 0.29) is 0 Å². The number of H-pyrrole nitrogens is 1. The molecule has 3 aromatic rings. The predicted molar refractivity (Wildman–Crippen MR) is 101 cm³/mol. The van der Waals surface area contributed by atoms with Gasteiger partial charge < -0.3 is 14.8 Å². The van der Waals surface area contributed by atoms with Crippen molar-refractivity contribution in [2.24, 2.45) is 11.8 Å². The topological polar surface area (TPSA) is 48.1 Å². The molecule has 5 heteroatoms. The van der Waals surface area contributed by atoms with Crippen LogP contribution in [0.2, 0.25) is 0 Å². The van der Waals surface area contributed by atoms with Crippen LogP contribution in [0, 0.1) is 11.8 Å². The van der Waals surface area contributed by atoms with Gasteiger partial charge in [-0.05, 0) is 42.9 Å². The van der Waals surface area contributed by atoms with Crippen LogP contribution in [0.1, 0.15) is 12.8 Å². The predicted octanol–water partition coefficient (Wildman–Crippen LogP) is 3.31. The van der Waals surface area contributed by atoms with Gasteiger partial charge in [0, 0.05) is 38.1 Å². The molecule has 1 aromatic carbocycles. The maximum absolute atomic E-state index is 4.56. The summed E-state index contributed by atoms with van der Waals surface area (Å²) in [5, 5.41) is 1.12. The number of benzene rings is 1. The lowest BCUT2D eigenvalue weighted by molar-refractivity contribution is 0.494. The van der Waals surface area contributed by atoms with Gasteiger partial charge in [-0.15, -0.1) is 0 Å². The van der Waals surface area contributed by atoms with E-state index in [0.717, 1.165) is 28.7 Å². The van der Waals surface area contributed by atoms with Crippen molar-refractivity contribution < 1.29 is 0 Å². The highest BCUT2D eigenvalue weighted by molar-refractivity contribution is 5.87. The Bertz CT molecular complexity index is 860. The van der Waals surface area contributed by atoms with Crippen LogP contribution in [0.15, 0.2) is 48.9 Å². The Morgan fingerprint density at radius 1 is 1.04 bits per heavy atom. The first kappa shape index (κ1) is 14.8. The van der Waals surface area contributed by atoms with E-state index >= 15 is 0 Å². The smallest absolute Gasteiger partial charge is 0.142 e. The van der Waals surface area contributed by atoms with Crippen LogP contribution in [0.3, 0.4) is 0 Å². The van der Waals surface area contributed by atoms with Crippen LogP contribution in [0.4, 0.5) is 11.5 Å². The van der Waals surface area contributed by atoms with Crippen molar-refractivity contribution in [3.8, 4) is 0 Å². The van der Waals surface area contributed by atoms with Gasteiger partial charge in [0.15, 0.2) is 0 Å². The van der Waals surface area contributed by atoms with Crippen LogP contribution < -0.4 is 9.80 Å². The second-order valence-corrected chi connectivity index (χ2v) is 7.43. The normalized spacial score (nSPS) is 25.5. The number of para-hydroxylation sites is 1. The Labute approximate surface area is 147 Å². The van der Waals surface area contributed by atoms with Gasteiger partial charge in [-0.3, -0.25) is 0 Å². The summed E-state index contributed by atoms with van der Waals surface area (Å²) in [6, 6.07) is 13.5. The molecule has 1 aliphatic carbocycles. The molecule has 2 aliphatic rings. The highest BCUT2D eigenvalue weighted by Crippen LogP contribution is 2.42. The molecule has 5 nitrogen and oxygen atoms in total. The van der Waals surface area contributed by atoms with Crippen LogP contribution in [0.25, 0.3) is 11.0 Å². The molecule has 1 saturated carbocycles. The number of aromatic nitrogens is 3. The van der Waals surface area contributed by atoms with Gasteiger partial charge in [-0.1, -0.05) is 18.2 Å². The maximum atomic E-state index is 4.56. The molecular weight excluding hydrogens is 310 g/mol.